The van der Waals surface area contributed by atoms with Crippen molar-refractivity contribution in [3.05, 3.63) is 81.9 Å². The average molecular weight is 340 g/mol. The van der Waals surface area contributed by atoms with Crippen LogP contribution in [-0.2, 0) is 4.79 Å². The van der Waals surface area contributed by atoms with Crippen LogP contribution in [0.2, 0.25) is 0 Å². The molecule has 0 aromatic heterocycles. The monoisotopic (exact) mass is 340 g/mol. The van der Waals surface area contributed by atoms with Crippen LogP contribution in [0.3, 0.4) is 0 Å². The summed E-state index contributed by atoms with van der Waals surface area (Å²) in [6, 6.07) is 13.3. The van der Waals surface area contributed by atoms with Crippen molar-refractivity contribution < 1.29 is 19.6 Å². The molecule has 2 rings (SSSR count). The van der Waals surface area contributed by atoms with Crippen LogP contribution in [0.15, 0.2) is 60.7 Å². The fourth-order valence-electron chi connectivity index (χ4n) is 2.13. The van der Waals surface area contributed by atoms with Gasteiger partial charge in [0.25, 0.3) is 11.6 Å². The summed E-state index contributed by atoms with van der Waals surface area (Å²) in [6.45, 7) is 0. The van der Waals surface area contributed by atoms with Crippen molar-refractivity contribution >= 4 is 23.6 Å². The summed E-state index contributed by atoms with van der Waals surface area (Å²) in [5.74, 6) is -1.86. The fraction of sp³-hybridized carbons (Fsp3) is 0.111. The second-order valence-corrected chi connectivity index (χ2v) is 5.22. The molecule has 0 unspecified atom stereocenters. The number of carboxylic acid groups (broad SMARTS) is 1. The van der Waals surface area contributed by atoms with E-state index in [1.54, 1.807) is 12.2 Å². The standard InChI is InChI=1S/C18H16N2O5/c21-17(14-9-5-10-15(12-14)20(24)25)19-16(18(22)23)11-4-8-13-6-2-1-3-7-13/h1-10,12,16H,11H2,(H,19,21)(H,22,23)/b8-4+/t16-/m1/s1. The van der Waals surface area contributed by atoms with Gasteiger partial charge in [-0.1, -0.05) is 48.6 Å². The lowest BCUT2D eigenvalue weighted by Gasteiger charge is -2.12. The number of carbonyl (C=O) groups is 2. The van der Waals surface area contributed by atoms with Gasteiger partial charge in [-0.3, -0.25) is 14.9 Å². The van der Waals surface area contributed by atoms with Gasteiger partial charge in [0.05, 0.1) is 4.92 Å². The number of hydrogen-bond donors (Lipinski definition) is 2. The summed E-state index contributed by atoms with van der Waals surface area (Å²) in [5.41, 5.74) is 0.715. The zero-order valence-electron chi connectivity index (χ0n) is 13.2. The Bertz CT molecular complexity index is 802. The molecule has 7 heteroatoms. The molecule has 2 N–H and O–H groups in total. The molecule has 2 aromatic rings. The summed E-state index contributed by atoms with van der Waals surface area (Å²) >= 11 is 0. The van der Waals surface area contributed by atoms with Crippen LogP contribution in [0, 0.1) is 10.1 Å². The van der Waals surface area contributed by atoms with E-state index in [0.29, 0.717) is 0 Å². The Balaban J connectivity index is 2.04. The number of benzene rings is 2. The van der Waals surface area contributed by atoms with Crippen LogP contribution in [0.5, 0.6) is 0 Å². The number of nitro benzene ring substituents is 1. The van der Waals surface area contributed by atoms with Crippen LogP contribution < -0.4 is 5.32 Å². The van der Waals surface area contributed by atoms with E-state index in [-0.39, 0.29) is 17.7 Å². The van der Waals surface area contributed by atoms with Crippen LogP contribution in [0.25, 0.3) is 6.08 Å². The van der Waals surface area contributed by atoms with E-state index in [1.165, 1.54) is 18.2 Å². The molecule has 0 aliphatic heterocycles. The maximum atomic E-state index is 12.1. The van der Waals surface area contributed by atoms with E-state index in [4.69, 9.17) is 0 Å². The minimum atomic E-state index is -1.18. The minimum Gasteiger partial charge on any atom is -0.480 e. The molecule has 25 heavy (non-hydrogen) atoms. The lowest BCUT2D eigenvalue weighted by molar-refractivity contribution is -0.384. The fourth-order valence-corrected chi connectivity index (χ4v) is 2.13. The first-order valence-corrected chi connectivity index (χ1v) is 7.47. The van der Waals surface area contributed by atoms with Gasteiger partial charge in [-0.25, -0.2) is 4.79 Å². The first-order chi connectivity index (χ1) is 12.0. The van der Waals surface area contributed by atoms with E-state index in [9.17, 15) is 24.8 Å². The first kappa shape index (κ1) is 17.9. The third-order valence-corrected chi connectivity index (χ3v) is 3.40. The maximum Gasteiger partial charge on any atom is 0.326 e. The van der Waals surface area contributed by atoms with Gasteiger partial charge in [-0.05, 0) is 18.1 Å². The van der Waals surface area contributed by atoms with Crippen molar-refractivity contribution in [2.75, 3.05) is 0 Å². The first-order valence-electron chi connectivity index (χ1n) is 7.47. The van der Waals surface area contributed by atoms with Crippen LogP contribution >= 0.6 is 0 Å². The number of rotatable bonds is 7. The molecule has 0 saturated heterocycles. The van der Waals surface area contributed by atoms with Gasteiger partial charge < -0.3 is 10.4 Å². The van der Waals surface area contributed by atoms with E-state index >= 15 is 0 Å². The molecule has 0 aliphatic rings. The van der Waals surface area contributed by atoms with Gasteiger partial charge in [0.1, 0.15) is 6.04 Å². The Morgan fingerprint density at radius 1 is 1.16 bits per heavy atom. The number of non-ortho nitro benzene ring substituents is 1. The molecule has 0 fully saturated rings. The second-order valence-electron chi connectivity index (χ2n) is 5.22. The third kappa shape index (κ3) is 5.28. The van der Waals surface area contributed by atoms with Gasteiger partial charge in [0.15, 0.2) is 0 Å². The Morgan fingerprint density at radius 3 is 2.52 bits per heavy atom. The zero-order valence-corrected chi connectivity index (χ0v) is 13.2. The van der Waals surface area contributed by atoms with E-state index in [0.717, 1.165) is 11.6 Å². The Morgan fingerprint density at radius 2 is 1.88 bits per heavy atom. The Hall–Kier alpha value is -3.48. The maximum absolute atomic E-state index is 12.1. The highest BCUT2D eigenvalue weighted by Gasteiger charge is 2.20. The smallest absolute Gasteiger partial charge is 0.326 e. The molecule has 0 aliphatic carbocycles. The van der Waals surface area contributed by atoms with Gasteiger partial charge in [-0.15, -0.1) is 0 Å². The predicted octanol–water partition coefficient (Wildman–Crippen LogP) is 2.88. The molecule has 1 atom stereocenters. The molecule has 2 aromatic carbocycles. The van der Waals surface area contributed by atoms with Crippen molar-refractivity contribution in [2.24, 2.45) is 0 Å². The van der Waals surface area contributed by atoms with Crippen LogP contribution in [-0.4, -0.2) is 27.9 Å². The van der Waals surface area contributed by atoms with Gasteiger partial charge in [0, 0.05) is 17.7 Å². The highest BCUT2D eigenvalue weighted by atomic mass is 16.6. The van der Waals surface area contributed by atoms with Gasteiger partial charge >= 0.3 is 5.97 Å². The summed E-state index contributed by atoms with van der Waals surface area (Å²) in [4.78, 5) is 33.6. The predicted molar refractivity (Wildman–Crippen MR) is 92.1 cm³/mol. The largest absolute Gasteiger partial charge is 0.480 e. The van der Waals surface area contributed by atoms with Crippen molar-refractivity contribution in [1.82, 2.24) is 5.32 Å². The lowest BCUT2D eigenvalue weighted by atomic mass is 10.1. The molecule has 0 radical (unpaired) electrons. The average Bonchev–Trinajstić information content (AvgIpc) is 2.61. The highest BCUT2D eigenvalue weighted by molar-refractivity contribution is 5.97. The zero-order chi connectivity index (χ0) is 18.2. The molecule has 128 valence electrons. The lowest BCUT2D eigenvalue weighted by Crippen LogP contribution is -2.40. The number of aliphatic carboxylic acids is 1. The number of nitrogens with one attached hydrogen (secondary N) is 1. The minimum absolute atomic E-state index is 0.0347. The van der Waals surface area contributed by atoms with E-state index < -0.39 is 22.8 Å². The summed E-state index contributed by atoms with van der Waals surface area (Å²) < 4.78 is 0. The summed E-state index contributed by atoms with van der Waals surface area (Å²) in [7, 11) is 0. The van der Waals surface area contributed by atoms with Crippen molar-refractivity contribution in [3.8, 4) is 0 Å². The van der Waals surface area contributed by atoms with Gasteiger partial charge in [-0.2, -0.15) is 0 Å². The van der Waals surface area contributed by atoms with Crippen LogP contribution in [0.1, 0.15) is 22.3 Å². The third-order valence-electron chi connectivity index (χ3n) is 3.40. The van der Waals surface area contributed by atoms with Crippen LogP contribution in [0.4, 0.5) is 5.69 Å². The number of amides is 1. The summed E-state index contributed by atoms with van der Waals surface area (Å²) in [6.07, 6.45) is 3.50. The second kappa shape index (κ2) is 8.39. The number of nitro groups is 1. The number of carbonyl (C=O) groups excluding carboxylic acids is 1. The molecule has 0 heterocycles. The van der Waals surface area contributed by atoms with Crippen molar-refractivity contribution in [1.29, 1.82) is 0 Å². The van der Waals surface area contributed by atoms with Crippen molar-refractivity contribution in [3.63, 3.8) is 0 Å². The normalized spacial score (nSPS) is 11.8. The molecular formula is C18H16N2O5. The van der Waals surface area contributed by atoms with Crippen molar-refractivity contribution in [2.45, 2.75) is 12.5 Å². The quantitative estimate of drug-likeness (QED) is 0.595. The Labute approximate surface area is 143 Å². The summed E-state index contributed by atoms with van der Waals surface area (Å²) in [5, 5.41) is 22.4. The number of nitrogens with zero attached hydrogens (tertiary/aromatic N) is 1. The molecule has 0 spiro atoms. The van der Waals surface area contributed by atoms with Gasteiger partial charge in [0.2, 0.25) is 0 Å². The molecular weight excluding hydrogens is 324 g/mol. The Kier molecular flexibility index (Phi) is 6.00. The SMILES string of the molecule is O=C(N[C@H](C/C=C/c1ccccc1)C(=O)O)c1cccc([N+](=O)[O-])c1. The topological polar surface area (TPSA) is 110 Å². The molecule has 0 bridgehead atoms. The number of hydrogen-bond acceptors (Lipinski definition) is 4. The molecule has 1 amide bonds. The highest BCUT2D eigenvalue weighted by Crippen LogP contribution is 2.13. The molecule has 7 nitrogen and oxygen atoms in total. The van der Waals surface area contributed by atoms with E-state index in [2.05, 4.69) is 5.32 Å². The number of carboxylic acids is 1. The molecule has 0 saturated carbocycles. The van der Waals surface area contributed by atoms with E-state index in [1.807, 2.05) is 30.3 Å².